The maximum absolute atomic E-state index is 10.3. The molecule has 0 N–H and O–H groups in total. The van der Waals surface area contributed by atoms with E-state index in [2.05, 4.69) is 12.6 Å². The van der Waals surface area contributed by atoms with Gasteiger partial charge in [-0.3, -0.25) is 0 Å². The normalized spacial score (nSPS) is 8.45. The number of carboxylic acids is 1. The van der Waals surface area contributed by atoms with Crippen LogP contribution < -0.4 is 5.11 Å². The molecule has 1 aromatic carbocycles. The number of benzene rings is 1. The molecule has 0 heterocycles. The van der Waals surface area contributed by atoms with Gasteiger partial charge in [-0.1, -0.05) is 18.2 Å². The largest absolute Gasteiger partial charge is 1.00 e. The number of hydrogen-bond acceptors (Lipinski definition) is 3. The van der Waals surface area contributed by atoms with Gasteiger partial charge < -0.3 is 9.90 Å². The maximum atomic E-state index is 10.3. The number of carbonyl (C=O) groups excluding carboxylic acids is 1. The first-order chi connectivity index (χ1) is 4.72. The standard InChI is InChI=1S/C7H6O2S.Au/c8-7(9)5-3-1-2-4-6(5)10;/h1-4,10H,(H,8,9);/q;+1/p-1. The van der Waals surface area contributed by atoms with Crippen LogP contribution in [0.25, 0.3) is 0 Å². The minimum absolute atomic E-state index is 0. The fraction of sp³-hybridized carbons (Fsp3) is 0. The van der Waals surface area contributed by atoms with Crippen LogP contribution >= 0.6 is 12.6 Å². The van der Waals surface area contributed by atoms with Gasteiger partial charge >= 0.3 is 22.4 Å². The Morgan fingerprint density at radius 1 is 1.36 bits per heavy atom. The topological polar surface area (TPSA) is 40.1 Å². The number of hydrogen-bond donors (Lipinski definition) is 1. The summed E-state index contributed by atoms with van der Waals surface area (Å²) in [6.45, 7) is 0. The van der Waals surface area contributed by atoms with Gasteiger partial charge in [0.25, 0.3) is 0 Å². The molecule has 0 spiro atoms. The fourth-order valence-corrected chi connectivity index (χ4v) is 0.898. The molecule has 0 fully saturated rings. The molecule has 0 radical (unpaired) electrons. The summed E-state index contributed by atoms with van der Waals surface area (Å²) in [6.07, 6.45) is 0. The van der Waals surface area contributed by atoms with Crippen molar-refractivity contribution in [3.05, 3.63) is 29.8 Å². The molecule has 0 bridgehead atoms. The van der Waals surface area contributed by atoms with E-state index in [0.717, 1.165) is 0 Å². The van der Waals surface area contributed by atoms with Crippen molar-refractivity contribution in [1.82, 2.24) is 0 Å². The molecule has 0 saturated heterocycles. The molecular formula is C7H5AuO2S. The smallest absolute Gasteiger partial charge is 0.545 e. The van der Waals surface area contributed by atoms with Crippen LogP contribution in [0.2, 0.25) is 0 Å². The van der Waals surface area contributed by atoms with Crippen molar-refractivity contribution in [2.45, 2.75) is 4.90 Å². The van der Waals surface area contributed by atoms with Crippen LogP contribution in [0.15, 0.2) is 29.2 Å². The Morgan fingerprint density at radius 2 is 1.91 bits per heavy atom. The molecule has 0 aliphatic heterocycles. The first-order valence-corrected chi connectivity index (χ1v) is 3.16. The maximum Gasteiger partial charge on any atom is 1.00 e. The van der Waals surface area contributed by atoms with Crippen molar-refractivity contribution < 1.29 is 32.3 Å². The summed E-state index contributed by atoms with van der Waals surface area (Å²) in [5.74, 6) is -1.19. The molecule has 1 aromatic rings. The van der Waals surface area contributed by atoms with Crippen molar-refractivity contribution in [2.24, 2.45) is 0 Å². The summed E-state index contributed by atoms with van der Waals surface area (Å²) < 4.78 is 0. The van der Waals surface area contributed by atoms with E-state index >= 15 is 0 Å². The van der Waals surface area contributed by atoms with Gasteiger partial charge in [0.05, 0.1) is 5.97 Å². The number of carbonyl (C=O) groups is 1. The summed E-state index contributed by atoms with van der Waals surface area (Å²) in [5, 5.41) is 10.3. The Hall–Kier alpha value is -0.220. The third-order valence-corrected chi connectivity index (χ3v) is 1.51. The van der Waals surface area contributed by atoms with Crippen LogP contribution in [-0.4, -0.2) is 5.97 Å². The van der Waals surface area contributed by atoms with E-state index in [-0.39, 0.29) is 27.9 Å². The number of thiol groups is 1. The fourth-order valence-electron chi connectivity index (χ4n) is 0.646. The van der Waals surface area contributed by atoms with Gasteiger partial charge in [-0.2, -0.15) is 0 Å². The van der Waals surface area contributed by atoms with Crippen LogP contribution in [-0.2, 0) is 22.4 Å². The summed E-state index contributed by atoms with van der Waals surface area (Å²) in [7, 11) is 0. The zero-order chi connectivity index (χ0) is 7.56. The number of rotatable bonds is 1. The third-order valence-electron chi connectivity index (χ3n) is 1.12. The van der Waals surface area contributed by atoms with E-state index in [0.29, 0.717) is 4.90 Å². The minimum Gasteiger partial charge on any atom is -0.545 e. The molecule has 0 saturated carbocycles. The molecule has 0 unspecified atom stereocenters. The van der Waals surface area contributed by atoms with E-state index in [1.165, 1.54) is 6.07 Å². The second kappa shape index (κ2) is 4.62. The predicted octanol–water partition coefficient (Wildman–Crippen LogP) is 0.336. The monoisotopic (exact) mass is 350 g/mol. The van der Waals surface area contributed by atoms with E-state index in [9.17, 15) is 9.90 Å². The Balaban J connectivity index is 0.000001000. The molecular weight excluding hydrogens is 345 g/mol. The molecule has 2 nitrogen and oxygen atoms in total. The van der Waals surface area contributed by atoms with E-state index in [4.69, 9.17) is 0 Å². The van der Waals surface area contributed by atoms with Crippen LogP contribution in [0.4, 0.5) is 0 Å². The number of carboxylic acid groups (broad SMARTS) is 1. The van der Waals surface area contributed by atoms with Gasteiger partial charge in [0.15, 0.2) is 0 Å². The van der Waals surface area contributed by atoms with Gasteiger partial charge in [-0.05, 0) is 6.07 Å². The van der Waals surface area contributed by atoms with E-state index in [1.807, 2.05) is 0 Å². The minimum atomic E-state index is -1.19. The van der Waals surface area contributed by atoms with Gasteiger partial charge in [0.2, 0.25) is 0 Å². The Labute approximate surface area is 85.5 Å². The Kier molecular flexibility index (Phi) is 4.52. The van der Waals surface area contributed by atoms with Crippen LogP contribution in [0.1, 0.15) is 10.4 Å². The van der Waals surface area contributed by atoms with Gasteiger partial charge in [0.1, 0.15) is 0 Å². The van der Waals surface area contributed by atoms with Crippen LogP contribution in [0, 0.1) is 0 Å². The molecule has 0 amide bonds. The average molecular weight is 350 g/mol. The first kappa shape index (κ1) is 10.8. The van der Waals surface area contributed by atoms with Crippen molar-refractivity contribution >= 4 is 18.6 Å². The van der Waals surface area contributed by atoms with Crippen molar-refractivity contribution in [3.63, 3.8) is 0 Å². The second-order valence-corrected chi connectivity index (χ2v) is 2.29. The van der Waals surface area contributed by atoms with Crippen LogP contribution in [0.3, 0.4) is 0 Å². The molecule has 11 heavy (non-hydrogen) atoms. The van der Waals surface area contributed by atoms with Gasteiger partial charge in [-0.15, -0.1) is 12.6 Å². The summed E-state index contributed by atoms with van der Waals surface area (Å²) in [6, 6.07) is 6.41. The van der Waals surface area contributed by atoms with Gasteiger partial charge in [0, 0.05) is 10.5 Å². The molecule has 4 heteroatoms. The molecule has 1 rings (SSSR count). The Morgan fingerprint density at radius 3 is 2.27 bits per heavy atom. The molecule has 0 aromatic heterocycles. The zero-order valence-corrected chi connectivity index (χ0v) is 8.44. The molecule has 0 aliphatic rings. The molecule has 0 aliphatic carbocycles. The Bertz CT molecular complexity index is 262. The first-order valence-electron chi connectivity index (χ1n) is 2.71. The molecule has 0 atom stereocenters. The summed E-state index contributed by atoms with van der Waals surface area (Å²) >= 11 is 3.92. The molecule has 62 valence electrons. The average Bonchev–Trinajstić information content (AvgIpc) is 1.88. The van der Waals surface area contributed by atoms with Crippen LogP contribution in [0.5, 0.6) is 0 Å². The summed E-state index contributed by atoms with van der Waals surface area (Å²) in [4.78, 5) is 10.7. The predicted molar refractivity (Wildman–Crippen MR) is 38.0 cm³/mol. The quantitative estimate of drug-likeness (QED) is 0.586. The SMILES string of the molecule is O=C([O-])c1ccccc1S.[Au+]. The van der Waals surface area contributed by atoms with Crippen molar-refractivity contribution in [2.75, 3.05) is 0 Å². The van der Waals surface area contributed by atoms with Crippen molar-refractivity contribution in [3.8, 4) is 0 Å². The van der Waals surface area contributed by atoms with Gasteiger partial charge in [-0.25, -0.2) is 0 Å². The van der Waals surface area contributed by atoms with Crippen molar-refractivity contribution in [1.29, 1.82) is 0 Å². The van der Waals surface area contributed by atoms with E-state index in [1.54, 1.807) is 18.2 Å². The third kappa shape index (κ3) is 2.71. The second-order valence-electron chi connectivity index (χ2n) is 1.80. The summed E-state index contributed by atoms with van der Waals surface area (Å²) in [5.41, 5.74) is 0.130. The van der Waals surface area contributed by atoms with E-state index < -0.39 is 5.97 Å². The number of aromatic carboxylic acids is 1. The zero-order valence-electron chi connectivity index (χ0n) is 5.37.